The van der Waals surface area contributed by atoms with Crippen molar-refractivity contribution in [3.8, 4) is 0 Å². The van der Waals surface area contributed by atoms with Crippen molar-refractivity contribution in [2.75, 3.05) is 0 Å². The minimum Gasteiger partial charge on any atom is -0.390 e. The molecular formula is C11H20O2. The first-order valence-electron chi connectivity index (χ1n) is 5.36. The summed E-state index contributed by atoms with van der Waals surface area (Å²) >= 11 is 0. The highest BCUT2D eigenvalue weighted by Gasteiger charge is 2.47. The molecule has 0 heterocycles. The largest absolute Gasteiger partial charge is 0.390 e. The Bertz CT molecular complexity index is 186. The maximum atomic E-state index is 10.1. The van der Waals surface area contributed by atoms with Crippen LogP contribution in [0.3, 0.4) is 0 Å². The van der Waals surface area contributed by atoms with Gasteiger partial charge in [-0.25, -0.2) is 0 Å². The molecule has 0 aromatic heterocycles. The van der Waals surface area contributed by atoms with Gasteiger partial charge in [0.25, 0.3) is 0 Å². The van der Waals surface area contributed by atoms with E-state index in [-0.39, 0.29) is 0 Å². The Hall–Kier alpha value is -0.0800. The molecule has 2 aliphatic rings. The molecule has 0 aliphatic heterocycles. The minimum atomic E-state index is -0.465. The van der Waals surface area contributed by atoms with Crippen LogP contribution >= 0.6 is 0 Å². The summed E-state index contributed by atoms with van der Waals surface area (Å²) < 4.78 is 0. The third-order valence-electron chi connectivity index (χ3n) is 4.33. The van der Waals surface area contributed by atoms with Gasteiger partial charge < -0.3 is 10.2 Å². The molecule has 2 bridgehead atoms. The first-order valence-corrected chi connectivity index (χ1v) is 5.36. The van der Waals surface area contributed by atoms with Crippen LogP contribution in [-0.4, -0.2) is 21.4 Å². The van der Waals surface area contributed by atoms with Gasteiger partial charge in [-0.05, 0) is 57.8 Å². The number of hydrogen-bond donors (Lipinski definition) is 2. The van der Waals surface area contributed by atoms with Crippen LogP contribution in [0, 0.1) is 11.8 Å². The first-order chi connectivity index (χ1) is 5.92. The molecule has 0 aromatic rings. The van der Waals surface area contributed by atoms with Crippen molar-refractivity contribution in [1.29, 1.82) is 0 Å². The van der Waals surface area contributed by atoms with Gasteiger partial charge in [-0.2, -0.15) is 0 Å². The summed E-state index contributed by atoms with van der Waals surface area (Å²) in [5.41, 5.74) is -0.931. The van der Waals surface area contributed by atoms with Crippen LogP contribution in [0.5, 0.6) is 0 Å². The highest BCUT2D eigenvalue weighted by molar-refractivity contribution is 4.99. The lowest BCUT2D eigenvalue weighted by Crippen LogP contribution is -2.51. The molecule has 0 amide bonds. The lowest BCUT2D eigenvalue weighted by atomic mass is 9.60. The highest BCUT2D eigenvalue weighted by Crippen LogP contribution is 2.49. The molecule has 0 unspecified atom stereocenters. The van der Waals surface area contributed by atoms with Crippen LogP contribution < -0.4 is 0 Å². The summed E-state index contributed by atoms with van der Waals surface area (Å²) in [6.07, 6.45) is 4.70. The van der Waals surface area contributed by atoms with E-state index in [0.717, 1.165) is 32.1 Å². The van der Waals surface area contributed by atoms with Gasteiger partial charge in [-0.3, -0.25) is 0 Å². The second-order valence-corrected chi connectivity index (χ2v) is 5.42. The number of rotatable bonds is 0. The summed E-state index contributed by atoms with van der Waals surface area (Å²) in [6.45, 7) is 3.90. The summed E-state index contributed by atoms with van der Waals surface area (Å²) in [6, 6.07) is 0. The van der Waals surface area contributed by atoms with Gasteiger partial charge in [0, 0.05) is 0 Å². The van der Waals surface area contributed by atoms with E-state index in [1.807, 2.05) is 13.8 Å². The van der Waals surface area contributed by atoms with Gasteiger partial charge in [-0.1, -0.05) is 0 Å². The zero-order chi connectivity index (χ0) is 9.69. The molecule has 2 N–H and O–H groups in total. The van der Waals surface area contributed by atoms with Crippen LogP contribution in [-0.2, 0) is 0 Å². The second-order valence-electron chi connectivity index (χ2n) is 5.42. The topological polar surface area (TPSA) is 40.5 Å². The van der Waals surface area contributed by atoms with Crippen molar-refractivity contribution in [2.24, 2.45) is 11.8 Å². The van der Waals surface area contributed by atoms with Gasteiger partial charge in [0.05, 0.1) is 11.2 Å². The minimum absolute atomic E-state index is 0.423. The Labute approximate surface area is 80.0 Å². The summed E-state index contributed by atoms with van der Waals surface area (Å²) in [5, 5.41) is 20.1. The Morgan fingerprint density at radius 2 is 1.31 bits per heavy atom. The first kappa shape index (κ1) is 9.47. The maximum absolute atomic E-state index is 10.1. The fourth-order valence-corrected chi connectivity index (χ4v) is 3.05. The second kappa shape index (κ2) is 2.71. The zero-order valence-electron chi connectivity index (χ0n) is 8.58. The van der Waals surface area contributed by atoms with Crippen LogP contribution in [0.2, 0.25) is 0 Å². The molecule has 2 fully saturated rings. The van der Waals surface area contributed by atoms with E-state index in [1.54, 1.807) is 0 Å². The SMILES string of the molecule is C[C@]1(O)CC[C@H]2C[C@@H]1CC[C@]2(C)O. The molecule has 0 radical (unpaired) electrons. The van der Waals surface area contributed by atoms with E-state index >= 15 is 0 Å². The third-order valence-corrected chi connectivity index (χ3v) is 4.33. The Morgan fingerprint density at radius 3 is 1.69 bits per heavy atom. The highest BCUT2D eigenvalue weighted by atomic mass is 16.3. The molecule has 2 saturated carbocycles. The predicted octanol–water partition coefficient (Wildman–Crippen LogP) is 1.70. The standard InChI is InChI=1S/C11H20O2/c1-10(12)5-3-9-7-8(10)4-6-11(9,2)13/h8-9,12-13H,3-7H2,1-2H3/t8-,9-,10-,11-/m0/s1. The van der Waals surface area contributed by atoms with Crippen molar-refractivity contribution in [1.82, 2.24) is 0 Å². The maximum Gasteiger partial charge on any atom is 0.0648 e. The van der Waals surface area contributed by atoms with Crippen LogP contribution in [0.1, 0.15) is 46.0 Å². The van der Waals surface area contributed by atoms with E-state index in [0.29, 0.717) is 11.8 Å². The van der Waals surface area contributed by atoms with Crippen molar-refractivity contribution in [2.45, 2.75) is 57.2 Å². The summed E-state index contributed by atoms with van der Waals surface area (Å²) in [5.74, 6) is 0.845. The molecule has 0 spiro atoms. The molecule has 2 aliphatic carbocycles. The van der Waals surface area contributed by atoms with Gasteiger partial charge in [0.2, 0.25) is 0 Å². The zero-order valence-corrected chi connectivity index (χ0v) is 8.58. The van der Waals surface area contributed by atoms with Crippen molar-refractivity contribution >= 4 is 0 Å². The monoisotopic (exact) mass is 184 g/mol. The predicted molar refractivity (Wildman–Crippen MR) is 51.3 cm³/mol. The molecule has 0 aromatic carbocycles. The molecular weight excluding hydrogens is 164 g/mol. The van der Waals surface area contributed by atoms with E-state index in [9.17, 15) is 10.2 Å². The Morgan fingerprint density at radius 1 is 0.923 bits per heavy atom. The molecule has 2 nitrogen and oxygen atoms in total. The van der Waals surface area contributed by atoms with Gasteiger partial charge in [0.15, 0.2) is 0 Å². The normalized spacial score (nSPS) is 56.3. The van der Waals surface area contributed by atoms with Crippen molar-refractivity contribution in [3.05, 3.63) is 0 Å². The van der Waals surface area contributed by atoms with E-state index < -0.39 is 11.2 Å². The fourth-order valence-electron chi connectivity index (χ4n) is 3.05. The van der Waals surface area contributed by atoms with E-state index in [2.05, 4.69) is 0 Å². The van der Waals surface area contributed by atoms with Crippen LogP contribution in [0.15, 0.2) is 0 Å². The van der Waals surface area contributed by atoms with E-state index in [1.165, 1.54) is 0 Å². The van der Waals surface area contributed by atoms with Crippen molar-refractivity contribution in [3.63, 3.8) is 0 Å². The number of hydrogen-bond acceptors (Lipinski definition) is 2. The molecule has 4 atom stereocenters. The van der Waals surface area contributed by atoms with Crippen molar-refractivity contribution < 1.29 is 10.2 Å². The summed E-state index contributed by atoms with van der Waals surface area (Å²) in [4.78, 5) is 0. The molecule has 13 heavy (non-hydrogen) atoms. The number of aliphatic hydroxyl groups is 2. The molecule has 76 valence electrons. The van der Waals surface area contributed by atoms with Crippen LogP contribution in [0.25, 0.3) is 0 Å². The van der Waals surface area contributed by atoms with Gasteiger partial charge >= 0.3 is 0 Å². The molecule has 2 heteroatoms. The summed E-state index contributed by atoms with van der Waals surface area (Å²) in [7, 11) is 0. The fraction of sp³-hybridized carbons (Fsp3) is 1.00. The smallest absolute Gasteiger partial charge is 0.0648 e. The van der Waals surface area contributed by atoms with Crippen LogP contribution in [0.4, 0.5) is 0 Å². The molecule has 2 rings (SSSR count). The average Bonchev–Trinajstić information content (AvgIpc) is 2.01. The molecule has 0 saturated heterocycles. The quantitative estimate of drug-likeness (QED) is 0.601. The van der Waals surface area contributed by atoms with Gasteiger partial charge in [-0.15, -0.1) is 0 Å². The van der Waals surface area contributed by atoms with E-state index in [4.69, 9.17) is 0 Å². The van der Waals surface area contributed by atoms with Gasteiger partial charge in [0.1, 0.15) is 0 Å². The Balaban J connectivity index is 2.14. The average molecular weight is 184 g/mol. The lowest BCUT2D eigenvalue weighted by Gasteiger charge is -2.50. The third kappa shape index (κ3) is 1.50. The number of fused-ring (bicyclic) bond motifs is 2. The lowest BCUT2D eigenvalue weighted by molar-refractivity contribution is -0.132. The Kier molecular flexibility index (Phi) is 1.97.